The molecule has 2 heteroatoms. The summed E-state index contributed by atoms with van der Waals surface area (Å²) in [6.07, 6.45) is 5.63. The molecule has 1 heterocycles. The van der Waals surface area contributed by atoms with E-state index in [9.17, 15) is 0 Å². The van der Waals surface area contributed by atoms with Gasteiger partial charge in [-0.05, 0) is 43.9 Å². The minimum absolute atomic E-state index is 0.715. The van der Waals surface area contributed by atoms with Gasteiger partial charge in [-0.3, -0.25) is 0 Å². The van der Waals surface area contributed by atoms with Gasteiger partial charge in [-0.15, -0.1) is 0 Å². The molecule has 1 saturated carbocycles. The molecule has 1 atom stereocenters. The van der Waals surface area contributed by atoms with Gasteiger partial charge in [0.2, 0.25) is 0 Å². The lowest BCUT2D eigenvalue weighted by Crippen LogP contribution is -2.34. The molecule has 0 bridgehead atoms. The van der Waals surface area contributed by atoms with Gasteiger partial charge in [-0.25, -0.2) is 0 Å². The summed E-state index contributed by atoms with van der Waals surface area (Å²) < 4.78 is 0. The molecule has 98 valence electrons. The normalized spacial score (nSPS) is 23.3. The molecule has 3 rings (SSSR count). The van der Waals surface area contributed by atoms with Gasteiger partial charge in [0.15, 0.2) is 0 Å². The second-order valence-corrected chi connectivity index (χ2v) is 6.02. The second kappa shape index (κ2) is 5.31. The first-order valence-electron chi connectivity index (χ1n) is 7.34. The zero-order valence-electron chi connectivity index (χ0n) is 11.4. The number of anilines is 1. The molecule has 1 fully saturated rings. The molecule has 18 heavy (non-hydrogen) atoms. The Hall–Kier alpha value is -1.02. The van der Waals surface area contributed by atoms with E-state index >= 15 is 0 Å². The number of nitrogens with one attached hydrogen (secondary N) is 1. The van der Waals surface area contributed by atoms with Crippen LogP contribution in [0.1, 0.15) is 37.2 Å². The molecule has 1 aliphatic carbocycles. The van der Waals surface area contributed by atoms with Gasteiger partial charge < -0.3 is 10.2 Å². The summed E-state index contributed by atoms with van der Waals surface area (Å²) in [4.78, 5) is 2.55. The summed E-state index contributed by atoms with van der Waals surface area (Å²) in [5.41, 5.74) is 2.87. The molecule has 0 amide bonds. The monoisotopic (exact) mass is 244 g/mol. The van der Waals surface area contributed by atoms with Gasteiger partial charge in [0, 0.05) is 31.2 Å². The van der Waals surface area contributed by atoms with Crippen LogP contribution in [0.15, 0.2) is 24.3 Å². The third kappa shape index (κ3) is 2.54. The van der Waals surface area contributed by atoms with Crippen LogP contribution in [-0.4, -0.2) is 31.6 Å². The highest BCUT2D eigenvalue weighted by Gasteiger charge is 2.23. The Balaban J connectivity index is 1.62. The van der Waals surface area contributed by atoms with Gasteiger partial charge >= 0.3 is 0 Å². The van der Waals surface area contributed by atoms with Gasteiger partial charge in [0.25, 0.3) is 0 Å². The minimum atomic E-state index is 0.715. The Kier molecular flexibility index (Phi) is 3.55. The molecule has 0 spiro atoms. The second-order valence-electron chi connectivity index (χ2n) is 6.02. The van der Waals surface area contributed by atoms with E-state index in [0.717, 1.165) is 12.5 Å². The van der Waals surface area contributed by atoms with Crippen molar-refractivity contribution >= 4 is 5.69 Å². The topological polar surface area (TPSA) is 15.3 Å². The third-order valence-corrected chi connectivity index (χ3v) is 4.54. The maximum Gasteiger partial charge on any atom is 0.0376 e. The SMILES string of the molecule is CN(CC1CCC1)CC1CCNc2ccccc21. The summed E-state index contributed by atoms with van der Waals surface area (Å²) >= 11 is 0. The number of rotatable bonds is 4. The Morgan fingerprint density at radius 3 is 2.78 bits per heavy atom. The van der Waals surface area contributed by atoms with Crippen molar-refractivity contribution in [3.63, 3.8) is 0 Å². The summed E-state index contributed by atoms with van der Waals surface area (Å²) in [5, 5.41) is 3.51. The first-order chi connectivity index (χ1) is 8.83. The lowest BCUT2D eigenvalue weighted by molar-refractivity contribution is 0.196. The Morgan fingerprint density at radius 2 is 2.00 bits per heavy atom. The predicted molar refractivity (Wildman–Crippen MR) is 77.1 cm³/mol. The highest BCUT2D eigenvalue weighted by molar-refractivity contribution is 5.54. The molecule has 0 radical (unpaired) electrons. The molecule has 1 unspecified atom stereocenters. The smallest absolute Gasteiger partial charge is 0.0376 e. The molecule has 1 aromatic carbocycles. The van der Waals surface area contributed by atoms with Crippen LogP contribution in [0.3, 0.4) is 0 Å². The van der Waals surface area contributed by atoms with E-state index in [1.165, 1.54) is 50.0 Å². The number of fused-ring (bicyclic) bond motifs is 1. The number of para-hydroxylation sites is 1. The Morgan fingerprint density at radius 1 is 1.17 bits per heavy atom. The van der Waals surface area contributed by atoms with Crippen LogP contribution in [0.5, 0.6) is 0 Å². The summed E-state index contributed by atoms with van der Waals surface area (Å²) in [5.74, 6) is 1.69. The lowest BCUT2D eigenvalue weighted by Gasteiger charge is -2.34. The number of benzene rings is 1. The highest BCUT2D eigenvalue weighted by Crippen LogP contribution is 2.32. The fraction of sp³-hybridized carbons (Fsp3) is 0.625. The van der Waals surface area contributed by atoms with E-state index in [-0.39, 0.29) is 0 Å². The molecule has 1 aliphatic heterocycles. The van der Waals surface area contributed by atoms with Crippen molar-refractivity contribution in [3.8, 4) is 0 Å². The van der Waals surface area contributed by atoms with Crippen LogP contribution in [0, 0.1) is 5.92 Å². The zero-order chi connectivity index (χ0) is 12.4. The number of nitrogens with zero attached hydrogens (tertiary/aromatic N) is 1. The van der Waals surface area contributed by atoms with Crippen molar-refractivity contribution in [2.45, 2.75) is 31.6 Å². The largest absolute Gasteiger partial charge is 0.385 e. The average Bonchev–Trinajstić information content (AvgIpc) is 2.34. The van der Waals surface area contributed by atoms with Crippen LogP contribution in [-0.2, 0) is 0 Å². The van der Waals surface area contributed by atoms with E-state index in [0.29, 0.717) is 5.92 Å². The average molecular weight is 244 g/mol. The van der Waals surface area contributed by atoms with Gasteiger partial charge in [0.05, 0.1) is 0 Å². The van der Waals surface area contributed by atoms with E-state index in [2.05, 4.69) is 41.5 Å². The Labute approximate surface area is 110 Å². The van der Waals surface area contributed by atoms with Crippen LogP contribution in [0.4, 0.5) is 5.69 Å². The number of hydrogen-bond acceptors (Lipinski definition) is 2. The fourth-order valence-electron chi connectivity index (χ4n) is 3.31. The molecule has 0 aromatic heterocycles. The molecular weight excluding hydrogens is 220 g/mol. The van der Waals surface area contributed by atoms with Crippen LogP contribution in [0.2, 0.25) is 0 Å². The molecular formula is C16H24N2. The van der Waals surface area contributed by atoms with E-state index in [4.69, 9.17) is 0 Å². The number of hydrogen-bond donors (Lipinski definition) is 1. The molecule has 1 aromatic rings. The first-order valence-corrected chi connectivity index (χ1v) is 7.34. The van der Waals surface area contributed by atoms with Crippen molar-refractivity contribution < 1.29 is 0 Å². The van der Waals surface area contributed by atoms with Crippen molar-refractivity contribution in [1.29, 1.82) is 0 Å². The van der Waals surface area contributed by atoms with Crippen molar-refractivity contribution in [1.82, 2.24) is 4.90 Å². The fourth-order valence-corrected chi connectivity index (χ4v) is 3.31. The van der Waals surface area contributed by atoms with Crippen molar-refractivity contribution in [2.75, 3.05) is 32.0 Å². The highest BCUT2D eigenvalue weighted by atomic mass is 15.1. The number of likely N-dealkylation sites (N-methyl/N-ethyl adjacent to an activating group) is 1. The van der Waals surface area contributed by atoms with Gasteiger partial charge in [-0.1, -0.05) is 24.6 Å². The van der Waals surface area contributed by atoms with Gasteiger partial charge in [-0.2, -0.15) is 0 Å². The molecule has 2 nitrogen and oxygen atoms in total. The maximum atomic E-state index is 3.51. The Bertz CT molecular complexity index is 398. The van der Waals surface area contributed by atoms with Gasteiger partial charge in [0.1, 0.15) is 0 Å². The van der Waals surface area contributed by atoms with Crippen LogP contribution in [0.25, 0.3) is 0 Å². The predicted octanol–water partition coefficient (Wildman–Crippen LogP) is 3.32. The van der Waals surface area contributed by atoms with Crippen LogP contribution < -0.4 is 5.32 Å². The summed E-state index contributed by atoms with van der Waals surface area (Å²) in [6, 6.07) is 8.81. The first kappa shape index (κ1) is 12.0. The summed E-state index contributed by atoms with van der Waals surface area (Å²) in [6.45, 7) is 3.64. The van der Waals surface area contributed by atoms with E-state index < -0.39 is 0 Å². The quantitative estimate of drug-likeness (QED) is 0.874. The van der Waals surface area contributed by atoms with E-state index in [1.54, 1.807) is 0 Å². The lowest BCUT2D eigenvalue weighted by atomic mass is 9.84. The molecule has 1 N–H and O–H groups in total. The van der Waals surface area contributed by atoms with E-state index in [1.807, 2.05) is 0 Å². The molecule has 0 saturated heterocycles. The van der Waals surface area contributed by atoms with Crippen molar-refractivity contribution in [2.24, 2.45) is 5.92 Å². The minimum Gasteiger partial charge on any atom is -0.385 e. The third-order valence-electron chi connectivity index (χ3n) is 4.54. The zero-order valence-corrected chi connectivity index (χ0v) is 11.4. The van der Waals surface area contributed by atoms with Crippen molar-refractivity contribution in [3.05, 3.63) is 29.8 Å². The summed E-state index contributed by atoms with van der Waals surface area (Å²) in [7, 11) is 2.29. The molecule has 2 aliphatic rings. The maximum absolute atomic E-state index is 3.51. The van der Waals surface area contributed by atoms with Crippen LogP contribution >= 0.6 is 0 Å². The standard InChI is InChI=1S/C16H24N2/c1-18(11-13-5-4-6-13)12-14-9-10-17-16-8-3-2-7-15(14)16/h2-3,7-8,13-14,17H,4-6,9-12H2,1H3.